The Morgan fingerprint density at radius 1 is 0.818 bits per heavy atom. The van der Waals surface area contributed by atoms with Crippen LogP contribution in [0.2, 0.25) is 0 Å². The predicted molar refractivity (Wildman–Crippen MR) is 92.6 cm³/mol. The Bertz CT molecular complexity index is 748. The van der Waals surface area contributed by atoms with Crippen LogP contribution in [-0.4, -0.2) is 0 Å². The van der Waals surface area contributed by atoms with Crippen LogP contribution < -0.4 is 0 Å². The molecule has 3 aromatic rings. The van der Waals surface area contributed by atoms with E-state index < -0.39 is 0 Å². The fraction of sp³-hybridized carbons (Fsp3) is 0.100. The van der Waals surface area contributed by atoms with Crippen LogP contribution in [0, 0.1) is 12.7 Å². The van der Waals surface area contributed by atoms with Gasteiger partial charge in [0.15, 0.2) is 0 Å². The summed E-state index contributed by atoms with van der Waals surface area (Å²) in [7, 11) is 0. The monoisotopic (exact) mass is 308 g/mol. The minimum atomic E-state index is -0.199. The number of halogens is 1. The lowest BCUT2D eigenvalue weighted by Crippen LogP contribution is -1.85. The Morgan fingerprint density at radius 2 is 1.55 bits per heavy atom. The van der Waals surface area contributed by atoms with Crippen LogP contribution in [0.25, 0.3) is 11.1 Å². The molecule has 0 fully saturated rings. The summed E-state index contributed by atoms with van der Waals surface area (Å²) in [6, 6.07) is 23.6. The van der Waals surface area contributed by atoms with Gasteiger partial charge in [0, 0.05) is 10.6 Å². The van der Waals surface area contributed by atoms with Crippen molar-refractivity contribution >= 4 is 11.8 Å². The van der Waals surface area contributed by atoms with E-state index in [1.807, 2.05) is 30.0 Å². The third-order valence-electron chi connectivity index (χ3n) is 3.48. The fourth-order valence-corrected chi connectivity index (χ4v) is 3.39. The molecule has 0 heterocycles. The van der Waals surface area contributed by atoms with Crippen molar-refractivity contribution < 1.29 is 4.39 Å². The van der Waals surface area contributed by atoms with E-state index in [9.17, 15) is 4.39 Å². The van der Waals surface area contributed by atoms with Crippen LogP contribution in [0.5, 0.6) is 0 Å². The Hall–Kier alpha value is -2.06. The van der Waals surface area contributed by atoms with E-state index in [-0.39, 0.29) is 5.82 Å². The van der Waals surface area contributed by atoms with Crippen molar-refractivity contribution in [2.24, 2.45) is 0 Å². The number of thioether (sulfide) groups is 1. The molecule has 0 aliphatic rings. The third-order valence-corrected chi connectivity index (χ3v) is 4.52. The lowest BCUT2D eigenvalue weighted by atomic mass is 10.0. The third kappa shape index (κ3) is 3.77. The molecule has 3 rings (SSSR count). The standard InChI is InChI=1S/C20H17FS/c1-15-11-18(17-7-9-19(21)10-8-17)13-20(12-15)22-14-16-5-3-2-4-6-16/h2-13H,14H2,1H3. The second-order valence-electron chi connectivity index (χ2n) is 5.32. The van der Waals surface area contributed by atoms with Gasteiger partial charge in [0.1, 0.15) is 5.82 Å². The van der Waals surface area contributed by atoms with E-state index in [2.05, 4.69) is 49.4 Å². The summed E-state index contributed by atoms with van der Waals surface area (Å²) in [6.45, 7) is 2.10. The van der Waals surface area contributed by atoms with Gasteiger partial charge in [0.2, 0.25) is 0 Å². The Morgan fingerprint density at radius 3 is 2.27 bits per heavy atom. The maximum Gasteiger partial charge on any atom is 0.123 e. The topological polar surface area (TPSA) is 0 Å². The minimum absolute atomic E-state index is 0.199. The molecule has 0 unspecified atom stereocenters. The van der Waals surface area contributed by atoms with E-state index in [4.69, 9.17) is 0 Å². The molecule has 0 nitrogen and oxygen atoms in total. The van der Waals surface area contributed by atoms with E-state index >= 15 is 0 Å². The van der Waals surface area contributed by atoms with Crippen LogP contribution in [0.15, 0.2) is 77.7 Å². The fourth-order valence-electron chi connectivity index (χ4n) is 2.38. The zero-order valence-electron chi connectivity index (χ0n) is 12.4. The van der Waals surface area contributed by atoms with Crippen LogP contribution in [-0.2, 0) is 5.75 Å². The van der Waals surface area contributed by atoms with Crippen LogP contribution >= 0.6 is 11.8 Å². The molecule has 0 atom stereocenters. The van der Waals surface area contributed by atoms with Gasteiger partial charge in [-0.3, -0.25) is 0 Å². The molecule has 22 heavy (non-hydrogen) atoms. The quantitative estimate of drug-likeness (QED) is 0.525. The van der Waals surface area contributed by atoms with Crippen molar-refractivity contribution in [3.63, 3.8) is 0 Å². The predicted octanol–water partition coefficient (Wildman–Crippen LogP) is 6.09. The summed E-state index contributed by atoms with van der Waals surface area (Å²) in [4.78, 5) is 1.24. The average Bonchev–Trinajstić information content (AvgIpc) is 2.54. The molecule has 2 heteroatoms. The number of hydrogen-bond donors (Lipinski definition) is 0. The lowest BCUT2D eigenvalue weighted by Gasteiger charge is -2.08. The maximum absolute atomic E-state index is 13.1. The molecule has 0 bridgehead atoms. The summed E-state index contributed by atoms with van der Waals surface area (Å²) in [6.07, 6.45) is 0. The zero-order valence-corrected chi connectivity index (χ0v) is 13.2. The van der Waals surface area contributed by atoms with E-state index in [0.29, 0.717) is 0 Å². The van der Waals surface area contributed by atoms with Gasteiger partial charge in [-0.15, -0.1) is 11.8 Å². The van der Waals surface area contributed by atoms with Crippen molar-refractivity contribution in [1.82, 2.24) is 0 Å². The highest BCUT2D eigenvalue weighted by molar-refractivity contribution is 7.98. The van der Waals surface area contributed by atoms with E-state index in [1.165, 1.54) is 28.2 Å². The molecule has 0 amide bonds. The molecule has 0 spiro atoms. The second kappa shape index (κ2) is 6.80. The molecule has 0 aliphatic heterocycles. The van der Waals surface area contributed by atoms with Crippen molar-refractivity contribution in [1.29, 1.82) is 0 Å². The smallest absolute Gasteiger partial charge is 0.123 e. The van der Waals surface area contributed by atoms with Gasteiger partial charge >= 0.3 is 0 Å². The van der Waals surface area contributed by atoms with Gasteiger partial charge in [0.05, 0.1) is 0 Å². The molecule has 0 aliphatic carbocycles. The normalized spacial score (nSPS) is 10.6. The first kappa shape index (κ1) is 14.9. The number of rotatable bonds is 4. The zero-order chi connectivity index (χ0) is 15.4. The molecular weight excluding hydrogens is 291 g/mol. The maximum atomic E-state index is 13.1. The molecule has 110 valence electrons. The summed E-state index contributed by atoms with van der Waals surface area (Å²) >= 11 is 1.83. The molecule has 3 aromatic carbocycles. The highest BCUT2D eigenvalue weighted by Crippen LogP contribution is 2.29. The summed E-state index contributed by atoms with van der Waals surface area (Å²) in [5, 5.41) is 0. The Kier molecular flexibility index (Phi) is 4.59. The van der Waals surface area contributed by atoms with Gasteiger partial charge in [0.25, 0.3) is 0 Å². The van der Waals surface area contributed by atoms with Crippen LogP contribution in [0.1, 0.15) is 11.1 Å². The number of hydrogen-bond acceptors (Lipinski definition) is 1. The van der Waals surface area contributed by atoms with Crippen molar-refractivity contribution in [2.45, 2.75) is 17.6 Å². The van der Waals surface area contributed by atoms with Gasteiger partial charge in [-0.2, -0.15) is 0 Å². The first-order valence-electron chi connectivity index (χ1n) is 7.25. The van der Waals surface area contributed by atoms with E-state index in [1.54, 1.807) is 0 Å². The molecular formula is C20H17FS. The summed E-state index contributed by atoms with van der Waals surface area (Å²) < 4.78 is 13.1. The van der Waals surface area contributed by atoms with Gasteiger partial charge in [-0.05, 0) is 53.4 Å². The Balaban J connectivity index is 1.82. The van der Waals surface area contributed by atoms with Gasteiger partial charge in [-0.1, -0.05) is 48.5 Å². The highest BCUT2D eigenvalue weighted by Gasteiger charge is 2.03. The van der Waals surface area contributed by atoms with Gasteiger partial charge < -0.3 is 0 Å². The SMILES string of the molecule is Cc1cc(SCc2ccccc2)cc(-c2ccc(F)cc2)c1. The first-order valence-corrected chi connectivity index (χ1v) is 8.24. The van der Waals surface area contributed by atoms with Crippen molar-refractivity contribution in [3.8, 4) is 11.1 Å². The molecule has 0 aromatic heterocycles. The van der Waals surface area contributed by atoms with Gasteiger partial charge in [-0.25, -0.2) is 4.39 Å². The Labute approximate surface area is 135 Å². The highest BCUT2D eigenvalue weighted by atomic mass is 32.2. The first-order chi connectivity index (χ1) is 10.7. The summed E-state index contributed by atoms with van der Waals surface area (Å²) in [5.41, 5.74) is 4.72. The van der Waals surface area contributed by atoms with Crippen molar-refractivity contribution in [2.75, 3.05) is 0 Å². The molecule has 0 saturated carbocycles. The average molecular weight is 308 g/mol. The van der Waals surface area contributed by atoms with Crippen LogP contribution in [0.3, 0.4) is 0 Å². The molecule has 0 N–H and O–H groups in total. The summed E-state index contributed by atoms with van der Waals surface area (Å²) in [5.74, 6) is 0.753. The largest absolute Gasteiger partial charge is 0.207 e. The number of benzene rings is 3. The van der Waals surface area contributed by atoms with Crippen LogP contribution in [0.4, 0.5) is 4.39 Å². The van der Waals surface area contributed by atoms with Crippen molar-refractivity contribution in [3.05, 3.63) is 89.7 Å². The molecule has 0 radical (unpaired) electrons. The van der Waals surface area contributed by atoms with E-state index in [0.717, 1.165) is 16.9 Å². The molecule has 0 saturated heterocycles. The minimum Gasteiger partial charge on any atom is -0.207 e. The lowest BCUT2D eigenvalue weighted by molar-refractivity contribution is 0.628. The number of aryl methyl sites for hydroxylation is 1. The second-order valence-corrected chi connectivity index (χ2v) is 6.36.